The van der Waals surface area contributed by atoms with Crippen molar-refractivity contribution in [2.75, 3.05) is 13.2 Å². The van der Waals surface area contributed by atoms with Crippen molar-refractivity contribution in [1.82, 2.24) is 0 Å². The number of aliphatic hydroxyl groups excluding tert-OH is 1. The summed E-state index contributed by atoms with van der Waals surface area (Å²) >= 11 is 0. The van der Waals surface area contributed by atoms with Crippen LogP contribution in [0.2, 0.25) is 0 Å². The van der Waals surface area contributed by atoms with E-state index in [9.17, 15) is 14.7 Å². The molecule has 0 aromatic rings. The number of unbranched alkanes of at least 4 members (excludes halogenated alkanes) is 31. The maximum absolute atomic E-state index is 12.2. The summed E-state index contributed by atoms with van der Waals surface area (Å²) in [5.41, 5.74) is 0. The van der Waals surface area contributed by atoms with Gasteiger partial charge in [-0.1, -0.05) is 261 Å². The van der Waals surface area contributed by atoms with Crippen molar-refractivity contribution in [3.05, 3.63) is 60.8 Å². The molecule has 1 N–H and O–H groups in total. The van der Waals surface area contributed by atoms with E-state index in [1.54, 1.807) is 0 Å². The lowest BCUT2D eigenvalue weighted by molar-refractivity contribution is -0.161. The van der Waals surface area contributed by atoms with Crippen LogP contribution >= 0.6 is 0 Å². The largest absolute Gasteiger partial charge is 0.462 e. The van der Waals surface area contributed by atoms with E-state index in [4.69, 9.17) is 9.47 Å². The predicted molar refractivity (Wildman–Crippen MR) is 270 cm³/mol. The molecule has 5 nitrogen and oxygen atoms in total. The fraction of sp³-hybridized carbons (Fsp3) is 0.789. The van der Waals surface area contributed by atoms with Gasteiger partial charge >= 0.3 is 11.9 Å². The van der Waals surface area contributed by atoms with Crippen molar-refractivity contribution in [2.24, 2.45) is 0 Å². The molecule has 0 saturated heterocycles. The maximum Gasteiger partial charge on any atom is 0.306 e. The van der Waals surface area contributed by atoms with E-state index >= 15 is 0 Å². The highest BCUT2D eigenvalue weighted by atomic mass is 16.6. The third kappa shape index (κ3) is 50.2. The monoisotopic (exact) mass is 867 g/mol. The average Bonchev–Trinajstić information content (AvgIpc) is 3.28. The normalized spacial score (nSPS) is 12.6. The van der Waals surface area contributed by atoms with Crippen molar-refractivity contribution in [2.45, 2.75) is 277 Å². The highest BCUT2D eigenvalue weighted by Crippen LogP contribution is 2.17. The lowest BCUT2D eigenvalue weighted by Gasteiger charge is -2.15. The Morgan fingerprint density at radius 3 is 1.05 bits per heavy atom. The first-order valence-corrected chi connectivity index (χ1v) is 26.8. The second kappa shape index (κ2) is 52.9. The summed E-state index contributed by atoms with van der Waals surface area (Å²) < 4.78 is 10.6. The second-order valence-electron chi connectivity index (χ2n) is 17.9. The van der Waals surface area contributed by atoms with Gasteiger partial charge in [-0.25, -0.2) is 0 Å². The molecule has 0 radical (unpaired) electrons. The van der Waals surface area contributed by atoms with Gasteiger partial charge in [-0.2, -0.15) is 0 Å². The van der Waals surface area contributed by atoms with E-state index in [2.05, 4.69) is 74.6 Å². The molecule has 0 saturated carbocycles. The van der Waals surface area contributed by atoms with Crippen LogP contribution in [-0.4, -0.2) is 36.4 Å². The lowest BCUT2D eigenvalue weighted by atomic mass is 10.0. The van der Waals surface area contributed by atoms with Gasteiger partial charge < -0.3 is 14.6 Å². The molecular weight excluding hydrogens is 765 g/mol. The quantitative estimate of drug-likeness (QED) is 0.0375. The van der Waals surface area contributed by atoms with Gasteiger partial charge in [0.2, 0.25) is 0 Å². The summed E-state index contributed by atoms with van der Waals surface area (Å²) in [6, 6.07) is 0. The summed E-state index contributed by atoms with van der Waals surface area (Å²) in [5, 5.41) is 9.60. The molecule has 0 heterocycles. The zero-order valence-electron chi connectivity index (χ0n) is 41.1. The zero-order chi connectivity index (χ0) is 44.9. The smallest absolute Gasteiger partial charge is 0.306 e. The highest BCUT2D eigenvalue weighted by molar-refractivity contribution is 5.70. The minimum atomic E-state index is -0.767. The Morgan fingerprint density at radius 2 is 0.694 bits per heavy atom. The number of carbonyl (C=O) groups excluding carboxylic acids is 2. The number of carbonyl (C=O) groups is 2. The average molecular weight is 867 g/mol. The van der Waals surface area contributed by atoms with Gasteiger partial charge in [0, 0.05) is 12.8 Å². The SMILES string of the molecule is CC/C=C\C/C=C\C/C=C\C/C=C\C/C=C\CCCCCCCCCCCCCCCCCCCCCCCC(=O)OC(CO)COC(=O)CCCCCCCCCCCCC. The third-order valence-electron chi connectivity index (χ3n) is 11.8. The molecule has 0 amide bonds. The molecule has 0 spiro atoms. The summed E-state index contributed by atoms with van der Waals surface area (Å²) in [6.07, 6.45) is 70.6. The van der Waals surface area contributed by atoms with E-state index in [0.29, 0.717) is 12.8 Å². The van der Waals surface area contributed by atoms with E-state index in [-0.39, 0.29) is 25.2 Å². The van der Waals surface area contributed by atoms with Crippen LogP contribution in [0.15, 0.2) is 60.8 Å². The van der Waals surface area contributed by atoms with Crippen LogP contribution in [0.25, 0.3) is 0 Å². The molecule has 0 aromatic carbocycles. The second-order valence-corrected chi connectivity index (χ2v) is 17.9. The Bertz CT molecular complexity index is 1070. The summed E-state index contributed by atoms with van der Waals surface area (Å²) in [5.74, 6) is -0.580. The summed E-state index contributed by atoms with van der Waals surface area (Å²) in [6.45, 7) is 4.04. The maximum atomic E-state index is 12.2. The van der Waals surface area contributed by atoms with Crippen LogP contribution in [0.1, 0.15) is 271 Å². The van der Waals surface area contributed by atoms with Gasteiger partial charge in [-0.3, -0.25) is 9.59 Å². The molecule has 1 atom stereocenters. The summed E-state index contributed by atoms with van der Waals surface area (Å²) in [7, 11) is 0. The molecule has 5 heteroatoms. The Kier molecular flexibility index (Phi) is 50.9. The van der Waals surface area contributed by atoms with Crippen LogP contribution in [0.3, 0.4) is 0 Å². The van der Waals surface area contributed by atoms with Gasteiger partial charge in [0.1, 0.15) is 6.61 Å². The van der Waals surface area contributed by atoms with Crippen LogP contribution in [-0.2, 0) is 19.1 Å². The van der Waals surface area contributed by atoms with Crippen molar-refractivity contribution in [3.8, 4) is 0 Å². The Balaban J connectivity index is 3.40. The number of rotatable bonds is 49. The van der Waals surface area contributed by atoms with Crippen molar-refractivity contribution in [3.63, 3.8) is 0 Å². The molecule has 1 unspecified atom stereocenters. The molecular formula is C57H102O5. The standard InChI is InChI=1S/C57H102O5/c1-3-5-7-9-11-13-15-16-17-18-19-20-21-22-23-24-25-26-27-28-29-30-31-32-33-34-35-36-37-38-39-40-42-44-46-48-50-52-57(60)62-55(53-58)54-61-56(59)51-49-47-45-43-41-14-12-10-8-6-4-2/h5,7,11,13,16-17,19-20,22-23,55,58H,3-4,6,8-10,12,14-15,18,21,24-54H2,1-2H3/b7-5-,13-11-,17-16-,20-19-,23-22-. The molecule has 0 aromatic heterocycles. The van der Waals surface area contributed by atoms with Crippen LogP contribution in [0, 0.1) is 0 Å². The molecule has 0 rings (SSSR count). The zero-order valence-corrected chi connectivity index (χ0v) is 41.1. The molecule has 0 aliphatic carbocycles. The van der Waals surface area contributed by atoms with Gasteiger partial charge in [-0.15, -0.1) is 0 Å². The van der Waals surface area contributed by atoms with Gasteiger partial charge in [0.15, 0.2) is 6.10 Å². The van der Waals surface area contributed by atoms with E-state index in [1.165, 1.54) is 173 Å². The van der Waals surface area contributed by atoms with Gasteiger partial charge in [0.25, 0.3) is 0 Å². The molecule has 0 bridgehead atoms. The predicted octanol–water partition coefficient (Wildman–Crippen LogP) is 17.9. The number of aliphatic hydroxyl groups is 1. The fourth-order valence-corrected chi connectivity index (χ4v) is 7.82. The first-order chi connectivity index (χ1) is 30.6. The molecule has 0 aliphatic heterocycles. The van der Waals surface area contributed by atoms with Crippen LogP contribution in [0.4, 0.5) is 0 Å². The number of ether oxygens (including phenoxy) is 2. The first-order valence-electron chi connectivity index (χ1n) is 26.8. The van der Waals surface area contributed by atoms with Crippen molar-refractivity contribution in [1.29, 1.82) is 0 Å². The van der Waals surface area contributed by atoms with E-state index in [1.807, 2.05) is 0 Å². The summed E-state index contributed by atoms with van der Waals surface area (Å²) in [4.78, 5) is 24.3. The van der Waals surface area contributed by atoms with Gasteiger partial charge in [-0.05, 0) is 57.8 Å². The number of hydrogen-bond acceptors (Lipinski definition) is 5. The van der Waals surface area contributed by atoms with Gasteiger partial charge in [0.05, 0.1) is 6.61 Å². The first kappa shape index (κ1) is 59.6. The minimum Gasteiger partial charge on any atom is -0.462 e. The molecule has 0 fully saturated rings. The highest BCUT2D eigenvalue weighted by Gasteiger charge is 2.16. The van der Waals surface area contributed by atoms with E-state index in [0.717, 1.165) is 70.6 Å². The number of hydrogen-bond donors (Lipinski definition) is 1. The Morgan fingerprint density at radius 1 is 0.387 bits per heavy atom. The Labute approximate surface area is 385 Å². The Hall–Kier alpha value is -2.40. The topological polar surface area (TPSA) is 72.8 Å². The van der Waals surface area contributed by atoms with E-state index < -0.39 is 6.10 Å². The molecule has 360 valence electrons. The molecule has 0 aliphatic rings. The van der Waals surface area contributed by atoms with Crippen molar-refractivity contribution >= 4 is 11.9 Å². The van der Waals surface area contributed by atoms with Crippen molar-refractivity contribution < 1.29 is 24.2 Å². The van der Waals surface area contributed by atoms with Crippen LogP contribution in [0.5, 0.6) is 0 Å². The van der Waals surface area contributed by atoms with Crippen LogP contribution < -0.4 is 0 Å². The third-order valence-corrected chi connectivity index (χ3v) is 11.8. The lowest BCUT2D eigenvalue weighted by Crippen LogP contribution is -2.28. The number of esters is 2. The molecule has 62 heavy (non-hydrogen) atoms. The fourth-order valence-electron chi connectivity index (χ4n) is 7.82. The minimum absolute atomic E-state index is 0.0611. The number of allylic oxidation sites excluding steroid dienone is 10.